The molecule has 0 saturated heterocycles. The molecule has 2 aromatic carbocycles. The van der Waals surface area contributed by atoms with Gasteiger partial charge < -0.3 is 5.32 Å². The number of hydrogen-bond donors (Lipinski definition) is 1. The summed E-state index contributed by atoms with van der Waals surface area (Å²) in [6, 6.07) is 8.71. The number of ketones is 1. The summed E-state index contributed by atoms with van der Waals surface area (Å²) in [7, 11) is 0. The smallest absolute Gasteiger partial charge is 0.341 e. The van der Waals surface area contributed by atoms with Crippen LogP contribution in [0.3, 0.4) is 0 Å². The van der Waals surface area contributed by atoms with Gasteiger partial charge in [-0.3, -0.25) is 9.59 Å². The largest absolute Gasteiger partial charge is 0.416 e. The van der Waals surface area contributed by atoms with Crippen LogP contribution in [0.5, 0.6) is 0 Å². The van der Waals surface area contributed by atoms with E-state index in [1.807, 2.05) is 0 Å². The highest BCUT2D eigenvalue weighted by molar-refractivity contribution is 7.08. The summed E-state index contributed by atoms with van der Waals surface area (Å²) in [5.41, 5.74) is -0.825. The monoisotopic (exact) mass is 535 g/mol. The van der Waals surface area contributed by atoms with Gasteiger partial charge in [0.15, 0.2) is 0 Å². The van der Waals surface area contributed by atoms with Crippen LogP contribution in [0.15, 0.2) is 59.3 Å². The van der Waals surface area contributed by atoms with Gasteiger partial charge in [-0.05, 0) is 51.2 Å². The van der Waals surface area contributed by atoms with Crippen molar-refractivity contribution >= 4 is 23.0 Å². The van der Waals surface area contributed by atoms with Gasteiger partial charge in [0, 0.05) is 18.4 Å². The first-order chi connectivity index (χ1) is 16.7. The predicted octanol–water partition coefficient (Wildman–Crippen LogP) is 6.56. The lowest BCUT2D eigenvalue weighted by atomic mass is 9.92. The maximum atomic E-state index is 14.7. The van der Waals surface area contributed by atoms with Gasteiger partial charge in [-0.15, -0.1) is 0 Å². The van der Waals surface area contributed by atoms with Crippen molar-refractivity contribution in [3.63, 3.8) is 0 Å². The molecule has 1 aromatic heterocycles. The summed E-state index contributed by atoms with van der Waals surface area (Å²) in [6.07, 6.45) is -10.4. The van der Waals surface area contributed by atoms with Crippen molar-refractivity contribution in [1.29, 1.82) is 0 Å². The first-order valence-corrected chi connectivity index (χ1v) is 11.2. The quantitative estimate of drug-likeness (QED) is 0.332. The number of alkyl halides is 8. The SMILES string of the molecule is O=C(Cc1cccc(C(F)(F)F)c1)Cc1cc(C(F)(F)C(=O)NCC(F)(F)F)ccc1-c1ccsc1. The van der Waals surface area contributed by atoms with Crippen molar-refractivity contribution in [3.8, 4) is 11.1 Å². The molecule has 1 heterocycles. The van der Waals surface area contributed by atoms with Crippen molar-refractivity contribution in [2.75, 3.05) is 6.54 Å². The number of rotatable bonds is 8. The maximum Gasteiger partial charge on any atom is 0.416 e. The van der Waals surface area contributed by atoms with E-state index in [0.717, 1.165) is 35.6 Å². The third kappa shape index (κ3) is 6.90. The van der Waals surface area contributed by atoms with E-state index >= 15 is 0 Å². The number of nitrogens with one attached hydrogen (secondary N) is 1. The fraction of sp³-hybridized carbons (Fsp3) is 0.250. The minimum absolute atomic E-state index is 0.0474. The first kappa shape index (κ1) is 27.3. The van der Waals surface area contributed by atoms with E-state index in [-0.39, 0.29) is 11.1 Å². The van der Waals surface area contributed by atoms with Gasteiger partial charge >= 0.3 is 18.3 Å². The van der Waals surface area contributed by atoms with Crippen LogP contribution in [0.2, 0.25) is 0 Å². The molecular formula is C24H17F8NO2S. The zero-order valence-electron chi connectivity index (χ0n) is 18.1. The zero-order valence-corrected chi connectivity index (χ0v) is 19.0. The van der Waals surface area contributed by atoms with Crippen molar-refractivity contribution in [3.05, 3.63) is 81.5 Å². The Kier molecular flexibility index (Phi) is 7.87. The van der Waals surface area contributed by atoms with Gasteiger partial charge in [-0.2, -0.15) is 46.5 Å². The topological polar surface area (TPSA) is 46.2 Å². The van der Waals surface area contributed by atoms with Gasteiger partial charge in [-0.25, -0.2) is 0 Å². The van der Waals surface area contributed by atoms with E-state index in [1.54, 1.807) is 16.8 Å². The number of Topliss-reactive ketones (excluding diaryl/α,β-unsaturated/α-hetero) is 1. The number of carbonyl (C=O) groups excluding carboxylic acids is 2. The number of amides is 1. The zero-order chi connectivity index (χ0) is 26.7. The standard InChI is InChI=1S/C24H17F8NO2S/c25-22(26,27)13-33-21(35)23(28,29)17-4-5-20(15-6-7-36-12-15)16(10-17)11-19(34)9-14-2-1-3-18(8-14)24(30,31)32/h1-8,10,12H,9,11,13H2,(H,33,35). The van der Waals surface area contributed by atoms with Gasteiger partial charge in [-0.1, -0.05) is 30.3 Å². The molecule has 0 aliphatic carbocycles. The normalized spacial score (nSPS) is 12.4. The van der Waals surface area contributed by atoms with Crippen molar-refractivity contribution in [1.82, 2.24) is 5.32 Å². The van der Waals surface area contributed by atoms with E-state index in [0.29, 0.717) is 11.1 Å². The van der Waals surface area contributed by atoms with E-state index in [2.05, 4.69) is 0 Å². The van der Waals surface area contributed by atoms with Gasteiger partial charge in [0.05, 0.1) is 5.56 Å². The molecule has 0 spiro atoms. The Bertz CT molecular complexity index is 1230. The molecule has 3 rings (SSSR count). The molecule has 1 N–H and O–H groups in total. The number of hydrogen-bond acceptors (Lipinski definition) is 3. The minimum Gasteiger partial charge on any atom is -0.341 e. The second-order valence-electron chi connectivity index (χ2n) is 7.85. The predicted molar refractivity (Wildman–Crippen MR) is 117 cm³/mol. The van der Waals surface area contributed by atoms with E-state index in [1.165, 1.54) is 23.5 Å². The van der Waals surface area contributed by atoms with Crippen LogP contribution in [-0.2, 0) is 34.5 Å². The molecule has 12 heteroatoms. The second kappa shape index (κ2) is 10.4. The molecule has 0 atom stereocenters. The highest BCUT2D eigenvalue weighted by atomic mass is 32.1. The lowest BCUT2D eigenvalue weighted by molar-refractivity contribution is -0.156. The minimum atomic E-state index is -4.89. The number of thiophene rings is 1. The molecule has 0 saturated carbocycles. The Morgan fingerprint density at radius 1 is 0.833 bits per heavy atom. The Morgan fingerprint density at radius 3 is 2.17 bits per heavy atom. The summed E-state index contributed by atoms with van der Waals surface area (Å²) in [5, 5.41) is 4.50. The molecule has 3 nitrogen and oxygen atoms in total. The summed E-state index contributed by atoms with van der Waals surface area (Å²) < 4.78 is 105. The first-order valence-electron chi connectivity index (χ1n) is 10.2. The van der Waals surface area contributed by atoms with Gasteiger partial charge in [0.25, 0.3) is 5.91 Å². The molecule has 0 radical (unpaired) electrons. The fourth-order valence-electron chi connectivity index (χ4n) is 3.42. The molecule has 0 fully saturated rings. The molecule has 0 aliphatic rings. The van der Waals surface area contributed by atoms with Crippen LogP contribution in [0.4, 0.5) is 35.1 Å². The van der Waals surface area contributed by atoms with Crippen LogP contribution >= 0.6 is 11.3 Å². The van der Waals surface area contributed by atoms with E-state index < -0.39 is 60.5 Å². The third-order valence-electron chi connectivity index (χ3n) is 5.08. The van der Waals surface area contributed by atoms with Crippen molar-refractivity contribution in [2.45, 2.75) is 31.1 Å². The van der Waals surface area contributed by atoms with Crippen LogP contribution in [0.25, 0.3) is 11.1 Å². The highest BCUT2D eigenvalue weighted by Gasteiger charge is 2.43. The highest BCUT2D eigenvalue weighted by Crippen LogP contribution is 2.35. The number of benzene rings is 2. The fourth-order valence-corrected chi connectivity index (χ4v) is 4.07. The lowest BCUT2D eigenvalue weighted by Crippen LogP contribution is -2.42. The van der Waals surface area contributed by atoms with Crippen LogP contribution in [-0.4, -0.2) is 24.4 Å². The maximum absolute atomic E-state index is 14.7. The van der Waals surface area contributed by atoms with Gasteiger partial charge in [0.1, 0.15) is 12.3 Å². The Labute approximate surface area is 203 Å². The van der Waals surface area contributed by atoms with E-state index in [9.17, 15) is 44.7 Å². The van der Waals surface area contributed by atoms with Crippen LogP contribution < -0.4 is 5.32 Å². The second-order valence-corrected chi connectivity index (χ2v) is 8.63. The Hall–Kier alpha value is -3.28. The lowest BCUT2D eigenvalue weighted by Gasteiger charge is -2.19. The molecule has 0 unspecified atom stereocenters. The van der Waals surface area contributed by atoms with E-state index in [4.69, 9.17) is 0 Å². The molecule has 0 aliphatic heterocycles. The molecule has 36 heavy (non-hydrogen) atoms. The summed E-state index contributed by atoms with van der Waals surface area (Å²) >= 11 is 1.28. The molecule has 0 bridgehead atoms. The van der Waals surface area contributed by atoms with Crippen molar-refractivity contribution < 1.29 is 44.7 Å². The molecular weight excluding hydrogens is 518 g/mol. The Morgan fingerprint density at radius 2 is 1.56 bits per heavy atom. The number of halogens is 8. The molecule has 3 aromatic rings. The summed E-state index contributed by atoms with van der Waals surface area (Å²) in [4.78, 5) is 24.5. The summed E-state index contributed by atoms with van der Waals surface area (Å²) in [5.74, 6) is -7.09. The summed E-state index contributed by atoms with van der Waals surface area (Å²) in [6.45, 7) is -1.95. The van der Waals surface area contributed by atoms with Crippen molar-refractivity contribution in [2.24, 2.45) is 0 Å². The number of carbonyl (C=O) groups is 2. The average Bonchev–Trinajstić information content (AvgIpc) is 3.31. The third-order valence-corrected chi connectivity index (χ3v) is 5.76. The Balaban J connectivity index is 1.89. The molecule has 192 valence electrons. The van der Waals surface area contributed by atoms with Crippen LogP contribution in [0, 0.1) is 0 Å². The van der Waals surface area contributed by atoms with Gasteiger partial charge in [0.2, 0.25) is 0 Å². The average molecular weight is 535 g/mol. The van der Waals surface area contributed by atoms with Crippen LogP contribution in [0.1, 0.15) is 22.3 Å². The molecule has 1 amide bonds.